The lowest BCUT2D eigenvalue weighted by Crippen LogP contribution is -2.24. The molecule has 0 aliphatic rings. The van der Waals surface area contributed by atoms with Crippen molar-refractivity contribution in [3.05, 3.63) is 71.5 Å². The molecule has 9 heteroatoms. The van der Waals surface area contributed by atoms with Crippen LogP contribution in [0.1, 0.15) is 23.3 Å². The zero-order chi connectivity index (χ0) is 19.4. The normalized spacial score (nSPS) is 11.7. The first kappa shape index (κ1) is 18.5. The molecule has 1 aromatic heterocycles. The Hall–Kier alpha value is -3.26. The molecule has 138 valence electrons. The molecule has 0 unspecified atom stereocenters. The van der Waals surface area contributed by atoms with E-state index in [2.05, 4.69) is 20.7 Å². The van der Waals surface area contributed by atoms with Crippen LogP contribution < -0.4 is 10.6 Å². The van der Waals surface area contributed by atoms with Crippen LogP contribution in [0.15, 0.2) is 55.1 Å². The molecular weight excluding hydrogens is 373 g/mol. The van der Waals surface area contributed by atoms with Crippen molar-refractivity contribution in [2.75, 3.05) is 10.6 Å². The number of halogens is 2. The molecule has 0 radical (unpaired) electrons. The fourth-order valence-corrected chi connectivity index (χ4v) is 2.46. The Morgan fingerprint density at radius 1 is 1.11 bits per heavy atom. The van der Waals surface area contributed by atoms with Crippen molar-refractivity contribution in [1.82, 2.24) is 14.8 Å². The molecule has 27 heavy (non-hydrogen) atoms. The lowest BCUT2D eigenvalue weighted by atomic mass is 10.2. The molecular formula is C18H15ClFN5O2. The molecule has 0 saturated carbocycles. The van der Waals surface area contributed by atoms with Gasteiger partial charge in [0.15, 0.2) is 0 Å². The first-order chi connectivity index (χ1) is 12.9. The first-order valence-electron chi connectivity index (χ1n) is 7.95. The topological polar surface area (TPSA) is 88.9 Å². The van der Waals surface area contributed by atoms with Crippen LogP contribution in [0.5, 0.6) is 0 Å². The van der Waals surface area contributed by atoms with Crippen LogP contribution in [0.2, 0.25) is 5.02 Å². The van der Waals surface area contributed by atoms with E-state index < -0.39 is 17.8 Å². The third kappa shape index (κ3) is 4.48. The summed E-state index contributed by atoms with van der Waals surface area (Å²) < 4.78 is 15.2. The second kappa shape index (κ2) is 7.96. The molecule has 3 aromatic rings. The van der Waals surface area contributed by atoms with Gasteiger partial charge in [-0.2, -0.15) is 5.10 Å². The molecule has 0 fully saturated rings. The third-order valence-corrected chi connectivity index (χ3v) is 4.03. The van der Waals surface area contributed by atoms with Crippen molar-refractivity contribution >= 4 is 34.8 Å². The minimum Gasteiger partial charge on any atom is -0.324 e. The number of carbonyl (C=O) groups excluding carboxylic acids is 2. The number of carbonyl (C=O) groups is 2. The SMILES string of the molecule is C[C@H](C(=O)Nc1ccc(NC(=O)c2cc(Cl)ccc2F)cc1)n1cncn1. The first-order valence-corrected chi connectivity index (χ1v) is 8.33. The van der Waals surface area contributed by atoms with Crippen LogP contribution in [0.4, 0.5) is 15.8 Å². The lowest BCUT2D eigenvalue weighted by molar-refractivity contribution is -0.119. The van der Waals surface area contributed by atoms with Crippen molar-refractivity contribution in [3.63, 3.8) is 0 Å². The summed E-state index contributed by atoms with van der Waals surface area (Å²) in [5, 5.41) is 9.51. The summed E-state index contributed by atoms with van der Waals surface area (Å²) in [6.45, 7) is 1.69. The zero-order valence-corrected chi connectivity index (χ0v) is 14.9. The third-order valence-electron chi connectivity index (χ3n) is 3.80. The zero-order valence-electron chi connectivity index (χ0n) is 14.2. The summed E-state index contributed by atoms with van der Waals surface area (Å²) in [6.07, 6.45) is 2.81. The largest absolute Gasteiger partial charge is 0.324 e. The highest BCUT2D eigenvalue weighted by atomic mass is 35.5. The van der Waals surface area contributed by atoms with E-state index >= 15 is 0 Å². The average molecular weight is 388 g/mol. The van der Waals surface area contributed by atoms with Crippen LogP contribution in [0.3, 0.4) is 0 Å². The Balaban J connectivity index is 1.64. The molecule has 3 rings (SSSR count). The highest BCUT2D eigenvalue weighted by Gasteiger charge is 2.16. The second-order valence-corrected chi connectivity index (χ2v) is 6.13. The van der Waals surface area contributed by atoms with Gasteiger partial charge >= 0.3 is 0 Å². The monoisotopic (exact) mass is 387 g/mol. The summed E-state index contributed by atoms with van der Waals surface area (Å²) in [4.78, 5) is 28.2. The molecule has 0 aliphatic carbocycles. The Morgan fingerprint density at radius 3 is 2.41 bits per heavy atom. The average Bonchev–Trinajstić information content (AvgIpc) is 3.19. The van der Waals surface area contributed by atoms with E-state index in [0.717, 1.165) is 6.07 Å². The van der Waals surface area contributed by atoms with Gasteiger partial charge in [-0.1, -0.05) is 11.6 Å². The molecule has 1 heterocycles. The molecule has 1 atom stereocenters. The number of amides is 2. The predicted octanol–water partition coefficient (Wildman–Crippen LogP) is 3.52. The van der Waals surface area contributed by atoms with E-state index in [9.17, 15) is 14.0 Å². The number of anilines is 2. The molecule has 0 aliphatic heterocycles. The van der Waals surface area contributed by atoms with Gasteiger partial charge in [0.25, 0.3) is 5.91 Å². The van der Waals surface area contributed by atoms with Gasteiger partial charge in [0.05, 0.1) is 5.56 Å². The number of rotatable bonds is 5. The Morgan fingerprint density at radius 2 is 1.78 bits per heavy atom. The van der Waals surface area contributed by atoms with E-state index in [0.29, 0.717) is 11.4 Å². The fraction of sp³-hybridized carbons (Fsp3) is 0.111. The number of benzene rings is 2. The van der Waals surface area contributed by atoms with Crippen molar-refractivity contribution in [2.24, 2.45) is 0 Å². The maximum Gasteiger partial charge on any atom is 0.258 e. The smallest absolute Gasteiger partial charge is 0.258 e. The summed E-state index contributed by atoms with van der Waals surface area (Å²) in [6, 6.07) is 9.65. The van der Waals surface area contributed by atoms with Gasteiger partial charge in [-0.3, -0.25) is 9.59 Å². The van der Waals surface area contributed by atoms with Crippen LogP contribution in [-0.4, -0.2) is 26.6 Å². The Bertz CT molecular complexity index is 960. The van der Waals surface area contributed by atoms with Gasteiger partial charge < -0.3 is 10.6 Å². The van der Waals surface area contributed by atoms with Crippen LogP contribution in [-0.2, 0) is 4.79 Å². The fourth-order valence-electron chi connectivity index (χ4n) is 2.29. The van der Waals surface area contributed by atoms with Crippen LogP contribution in [0.25, 0.3) is 0 Å². The minimum atomic E-state index is -0.664. The molecule has 7 nitrogen and oxygen atoms in total. The lowest BCUT2D eigenvalue weighted by Gasteiger charge is -2.12. The van der Waals surface area contributed by atoms with Gasteiger partial charge in [-0.15, -0.1) is 0 Å². The standard InChI is InChI=1S/C18H15ClFN5O2/c1-11(25-10-21-9-22-25)17(26)23-13-3-5-14(6-4-13)24-18(27)15-8-12(19)2-7-16(15)20/h2-11H,1H3,(H,23,26)(H,24,27)/t11-/m1/s1. The molecule has 2 amide bonds. The molecule has 2 N–H and O–H groups in total. The maximum absolute atomic E-state index is 13.7. The molecule has 0 spiro atoms. The minimum absolute atomic E-state index is 0.151. The quantitative estimate of drug-likeness (QED) is 0.701. The number of aromatic nitrogens is 3. The number of hydrogen-bond acceptors (Lipinski definition) is 4. The molecule has 0 saturated heterocycles. The number of hydrogen-bond donors (Lipinski definition) is 2. The summed E-state index contributed by atoms with van der Waals surface area (Å²) in [5.41, 5.74) is 0.835. The van der Waals surface area contributed by atoms with Crippen molar-refractivity contribution in [2.45, 2.75) is 13.0 Å². The molecule has 0 bridgehead atoms. The van der Waals surface area contributed by atoms with Crippen molar-refractivity contribution in [3.8, 4) is 0 Å². The van der Waals surface area contributed by atoms with Gasteiger partial charge in [-0.25, -0.2) is 14.1 Å². The second-order valence-electron chi connectivity index (χ2n) is 5.70. The van der Waals surface area contributed by atoms with E-state index in [1.165, 1.54) is 29.5 Å². The van der Waals surface area contributed by atoms with E-state index in [1.807, 2.05) is 0 Å². The van der Waals surface area contributed by atoms with Gasteiger partial charge in [-0.05, 0) is 49.4 Å². The van der Waals surface area contributed by atoms with Crippen LogP contribution >= 0.6 is 11.6 Å². The molecule has 2 aromatic carbocycles. The van der Waals surface area contributed by atoms with E-state index in [1.54, 1.807) is 31.2 Å². The number of nitrogens with one attached hydrogen (secondary N) is 2. The predicted molar refractivity (Wildman–Crippen MR) is 99.2 cm³/mol. The summed E-state index contributed by atoms with van der Waals surface area (Å²) >= 11 is 5.80. The maximum atomic E-state index is 13.7. The van der Waals surface area contributed by atoms with Crippen molar-refractivity contribution < 1.29 is 14.0 Å². The highest BCUT2D eigenvalue weighted by molar-refractivity contribution is 6.31. The summed E-state index contributed by atoms with van der Waals surface area (Å²) in [5.74, 6) is -1.55. The van der Waals surface area contributed by atoms with E-state index in [4.69, 9.17) is 11.6 Å². The Kier molecular flexibility index (Phi) is 5.46. The van der Waals surface area contributed by atoms with Crippen molar-refractivity contribution in [1.29, 1.82) is 0 Å². The summed E-state index contributed by atoms with van der Waals surface area (Å²) in [7, 11) is 0. The highest BCUT2D eigenvalue weighted by Crippen LogP contribution is 2.19. The number of nitrogens with zero attached hydrogens (tertiary/aromatic N) is 3. The van der Waals surface area contributed by atoms with Gasteiger partial charge in [0, 0.05) is 16.4 Å². The Labute approximate surface area is 159 Å². The van der Waals surface area contributed by atoms with E-state index in [-0.39, 0.29) is 16.5 Å². The van der Waals surface area contributed by atoms with Gasteiger partial charge in [0.2, 0.25) is 5.91 Å². The van der Waals surface area contributed by atoms with Crippen LogP contribution in [0, 0.1) is 5.82 Å². The van der Waals surface area contributed by atoms with Gasteiger partial charge in [0.1, 0.15) is 24.5 Å².